The highest BCUT2D eigenvalue weighted by Crippen LogP contribution is 2.38. The lowest BCUT2D eigenvalue weighted by molar-refractivity contribution is 0.404. The molecule has 1 aromatic heterocycles. The van der Waals surface area contributed by atoms with Crippen molar-refractivity contribution in [2.45, 2.75) is 0 Å². The van der Waals surface area contributed by atoms with Gasteiger partial charge in [0, 0.05) is 28.7 Å². The van der Waals surface area contributed by atoms with E-state index < -0.39 is 0 Å². The zero-order valence-corrected chi connectivity index (χ0v) is 16.8. The summed E-state index contributed by atoms with van der Waals surface area (Å²) in [7, 11) is 3.28. The number of ether oxygens (including phenoxy) is 2. The first-order valence-electron chi connectivity index (χ1n) is 9.50. The highest BCUT2D eigenvalue weighted by molar-refractivity contribution is 5.83. The summed E-state index contributed by atoms with van der Waals surface area (Å²) in [4.78, 5) is 9.27. The average molecular weight is 398 g/mol. The van der Waals surface area contributed by atoms with E-state index in [9.17, 15) is 0 Å². The van der Waals surface area contributed by atoms with Crippen molar-refractivity contribution in [2.24, 2.45) is 0 Å². The van der Waals surface area contributed by atoms with Gasteiger partial charge < -0.3 is 20.1 Å². The number of aromatic nitrogens is 2. The van der Waals surface area contributed by atoms with Crippen LogP contribution in [0.5, 0.6) is 11.5 Å². The number of nitrogens with zero attached hydrogens (tertiary/aromatic N) is 2. The molecule has 30 heavy (non-hydrogen) atoms. The van der Waals surface area contributed by atoms with E-state index in [1.807, 2.05) is 78.9 Å². The average Bonchev–Trinajstić information content (AvgIpc) is 2.80. The van der Waals surface area contributed by atoms with Gasteiger partial charge in [-0.15, -0.1) is 0 Å². The largest absolute Gasteiger partial charge is 0.497 e. The molecule has 2 N–H and O–H groups in total. The summed E-state index contributed by atoms with van der Waals surface area (Å²) in [6.07, 6.45) is 1.78. The third-order valence-corrected chi connectivity index (χ3v) is 4.55. The summed E-state index contributed by atoms with van der Waals surface area (Å²) < 4.78 is 11.0. The van der Waals surface area contributed by atoms with Crippen molar-refractivity contribution in [1.82, 2.24) is 9.97 Å². The van der Waals surface area contributed by atoms with Crippen LogP contribution in [0.2, 0.25) is 0 Å². The predicted octanol–water partition coefficient (Wildman–Crippen LogP) is 5.65. The molecular weight excluding hydrogens is 376 g/mol. The van der Waals surface area contributed by atoms with E-state index in [1.54, 1.807) is 20.4 Å². The van der Waals surface area contributed by atoms with Crippen molar-refractivity contribution in [1.29, 1.82) is 0 Å². The molecule has 0 atom stereocenters. The minimum Gasteiger partial charge on any atom is -0.497 e. The van der Waals surface area contributed by atoms with Crippen LogP contribution in [-0.4, -0.2) is 24.2 Å². The van der Waals surface area contributed by atoms with Crippen LogP contribution in [0.15, 0.2) is 85.1 Å². The van der Waals surface area contributed by atoms with E-state index in [2.05, 4.69) is 15.6 Å². The second-order valence-corrected chi connectivity index (χ2v) is 6.50. The van der Waals surface area contributed by atoms with Crippen molar-refractivity contribution in [2.75, 3.05) is 24.9 Å². The van der Waals surface area contributed by atoms with Gasteiger partial charge >= 0.3 is 0 Å². The molecule has 1 heterocycles. The SMILES string of the molecule is COc1ccc(OC)c(-c2cnc(Nc3ccccc3)nc2Nc2ccccc2)c1. The van der Waals surface area contributed by atoms with Gasteiger partial charge in [0.05, 0.1) is 14.2 Å². The van der Waals surface area contributed by atoms with Crippen molar-refractivity contribution < 1.29 is 9.47 Å². The van der Waals surface area contributed by atoms with Gasteiger partial charge in [0.25, 0.3) is 0 Å². The standard InChI is InChI=1S/C24H22N4O2/c1-29-19-13-14-22(30-2)20(15-19)21-16-25-24(27-18-11-7-4-8-12-18)28-23(21)26-17-9-5-3-6-10-17/h3-16H,1-2H3,(H2,25,26,27,28). The molecule has 150 valence electrons. The van der Waals surface area contributed by atoms with Crippen LogP contribution in [0.1, 0.15) is 0 Å². The van der Waals surface area contributed by atoms with Crippen LogP contribution in [0, 0.1) is 0 Å². The number of nitrogens with one attached hydrogen (secondary N) is 2. The summed E-state index contributed by atoms with van der Waals surface area (Å²) in [6.45, 7) is 0. The van der Waals surface area contributed by atoms with Gasteiger partial charge in [-0.3, -0.25) is 0 Å². The van der Waals surface area contributed by atoms with Gasteiger partial charge in [-0.1, -0.05) is 36.4 Å². The van der Waals surface area contributed by atoms with Crippen LogP contribution >= 0.6 is 0 Å². The van der Waals surface area contributed by atoms with E-state index in [0.717, 1.165) is 28.3 Å². The number of para-hydroxylation sites is 2. The lowest BCUT2D eigenvalue weighted by Crippen LogP contribution is -2.03. The fraction of sp³-hybridized carbons (Fsp3) is 0.0833. The summed E-state index contributed by atoms with van der Waals surface area (Å²) in [5, 5.41) is 6.64. The number of anilines is 4. The monoisotopic (exact) mass is 398 g/mol. The molecule has 6 heteroatoms. The third-order valence-electron chi connectivity index (χ3n) is 4.55. The Labute approximate surface area is 175 Å². The molecule has 0 amide bonds. The smallest absolute Gasteiger partial charge is 0.229 e. The normalized spacial score (nSPS) is 10.3. The van der Waals surface area contributed by atoms with Crippen LogP contribution in [0.4, 0.5) is 23.1 Å². The molecule has 0 fully saturated rings. The molecule has 0 saturated carbocycles. The molecule has 0 bridgehead atoms. The Balaban J connectivity index is 1.79. The lowest BCUT2D eigenvalue weighted by Gasteiger charge is -2.16. The number of benzene rings is 3. The van der Waals surface area contributed by atoms with Gasteiger partial charge in [0.15, 0.2) is 0 Å². The van der Waals surface area contributed by atoms with Crippen LogP contribution < -0.4 is 20.1 Å². The highest BCUT2D eigenvalue weighted by Gasteiger charge is 2.15. The molecule has 0 radical (unpaired) electrons. The minimum atomic E-state index is 0.491. The number of rotatable bonds is 7. The van der Waals surface area contributed by atoms with E-state index >= 15 is 0 Å². The van der Waals surface area contributed by atoms with Crippen molar-refractivity contribution in [3.63, 3.8) is 0 Å². The summed E-state index contributed by atoms with van der Waals surface area (Å²) in [5.74, 6) is 2.58. The molecule has 0 saturated heterocycles. The molecule has 4 aromatic rings. The minimum absolute atomic E-state index is 0.491. The molecular formula is C24H22N4O2. The van der Waals surface area contributed by atoms with Gasteiger partial charge in [0.1, 0.15) is 17.3 Å². The predicted molar refractivity (Wildman–Crippen MR) is 120 cm³/mol. The van der Waals surface area contributed by atoms with E-state index in [4.69, 9.17) is 14.5 Å². The topological polar surface area (TPSA) is 68.3 Å². The second-order valence-electron chi connectivity index (χ2n) is 6.50. The van der Waals surface area contributed by atoms with E-state index in [0.29, 0.717) is 17.5 Å². The van der Waals surface area contributed by atoms with Crippen molar-refractivity contribution in [3.05, 3.63) is 85.1 Å². The molecule has 4 rings (SSSR count). The molecule has 0 aliphatic carbocycles. The Morgan fingerprint density at radius 2 is 1.37 bits per heavy atom. The van der Waals surface area contributed by atoms with Gasteiger partial charge in [0.2, 0.25) is 5.95 Å². The maximum Gasteiger partial charge on any atom is 0.229 e. The zero-order valence-electron chi connectivity index (χ0n) is 16.8. The Morgan fingerprint density at radius 3 is 2.00 bits per heavy atom. The highest BCUT2D eigenvalue weighted by atomic mass is 16.5. The Morgan fingerprint density at radius 1 is 0.700 bits per heavy atom. The van der Waals surface area contributed by atoms with Gasteiger partial charge in [-0.2, -0.15) is 4.98 Å². The Hall–Kier alpha value is -4.06. The summed E-state index contributed by atoms with van der Waals surface area (Å²) >= 11 is 0. The van der Waals surface area contributed by atoms with E-state index in [1.165, 1.54) is 0 Å². The fourth-order valence-corrected chi connectivity index (χ4v) is 3.07. The van der Waals surface area contributed by atoms with Crippen LogP contribution in [0.3, 0.4) is 0 Å². The molecule has 3 aromatic carbocycles. The maximum absolute atomic E-state index is 5.58. The molecule has 0 spiro atoms. The first kappa shape index (κ1) is 19.3. The van der Waals surface area contributed by atoms with Gasteiger partial charge in [-0.05, 0) is 42.5 Å². The molecule has 0 unspecified atom stereocenters. The van der Waals surface area contributed by atoms with E-state index in [-0.39, 0.29) is 0 Å². The van der Waals surface area contributed by atoms with Crippen molar-refractivity contribution in [3.8, 4) is 22.6 Å². The second kappa shape index (κ2) is 8.96. The zero-order chi connectivity index (χ0) is 20.8. The lowest BCUT2D eigenvalue weighted by atomic mass is 10.1. The van der Waals surface area contributed by atoms with Crippen molar-refractivity contribution >= 4 is 23.1 Å². The molecule has 0 aliphatic heterocycles. The molecule has 0 aliphatic rings. The Kier molecular flexibility index (Phi) is 5.75. The Bertz CT molecular complexity index is 1120. The third kappa shape index (κ3) is 4.33. The first-order valence-corrected chi connectivity index (χ1v) is 9.50. The van der Waals surface area contributed by atoms with Gasteiger partial charge in [-0.25, -0.2) is 4.98 Å². The summed E-state index contributed by atoms with van der Waals surface area (Å²) in [6, 6.07) is 25.3. The number of hydrogen-bond donors (Lipinski definition) is 2. The molecule has 6 nitrogen and oxygen atoms in total. The number of hydrogen-bond acceptors (Lipinski definition) is 6. The van der Waals surface area contributed by atoms with Crippen LogP contribution in [0.25, 0.3) is 11.1 Å². The number of methoxy groups -OCH3 is 2. The fourth-order valence-electron chi connectivity index (χ4n) is 3.07. The quantitative estimate of drug-likeness (QED) is 0.419. The summed E-state index contributed by atoms with van der Waals surface area (Å²) in [5.41, 5.74) is 3.47. The maximum atomic E-state index is 5.58. The van der Waals surface area contributed by atoms with Crippen LogP contribution in [-0.2, 0) is 0 Å². The first-order chi connectivity index (χ1) is 14.8.